The van der Waals surface area contributed by atoms with Gasteiger partial charge >= 0.3 is 0 Å². The Morgan fingerprint density at radius 1 is 1.04 bits per heavy atom. The average molecular weight is 398 g/mol. The Kier molecular flexibility index (Phi) is 4.38. The Balaban J connectivity index is 1.79. The van der Waals surface area contributed by atoms with Crippen LogP contribution in [-0.2, 0) is 17.1 Å². The maximum Gasteiger partial charge on any atom is 0.266 e. The zero-order valence-corrected chi connectivity index (χ0v) is 17.2. The van der Waals surface area contributed by atoms with E-state index >= 15 is 0 Å². The predicted octanol–water partition coefficient (Wildman–Crippen LogP) is 2.74. The first kappa shape index (κ1) is 18.5. The number of pyridine rings is 1. The van der Waals surface area contributed by atoms with E-state index in [9.17, 15) is 8.42 Å². The number of hydrogen-bond donors (Lipinski definition) is 0. The molecular formula is C20H23N5O2S. The number of aromatic nitrogens is 3. The molecule has 0 saturated carbocycles. The molecule has 146 valence electrons. The lowest BCUT2D eigenvalue weighted by atomic mass is 10.1. The number of rotatable bonds is 3. The van der Waals surface area contributed by atoms with Crippen LogP contribution in [0, 0.1) is 13.8 Å². The summed E-state index contributed by atoms with van der Waals surface area (Å²) in [6, 6.07) is 9.25. The van der Waals surface area contributed by atoms with E-state index in [0.29, 0.717) is 24.5 Å². The Hall–Kier alpha value is -2.87. The molecule has 1 aliphatic heterocycles. The number of benzene rings is 1. The number of anilines is 2. The van der Waals surface area contributed by atoms with Crippen LogP contribution in [0.5, 0.6) is 0 Å². The highest BCUT2D eigenvalue weighted by Gasteiger charge is 2.33. The van der Waals surface area contributed by atoms with Crippen molar-refractivity contribution in [1.29, 1.82) is 0 Å². The van der Waals surface area contributed by atoms with Gasteiger partial charge in [0.25, 0.3) is 10.0 Å². The zero-order valence-electron chi connectivity index (χ0n) is 16.4. The number of hydrogen-bond acceptors (Lipinski definition) is 5. The van der Waals surface area contributed by atoms with Crippen LogP contribution in [0.1, 0.15) is 11.3 Å². The Labute approximate surface area is 165 Å². The lowest BCUT2D eigenvalue weighted by Crippen LogP contribution is -2.43. The highest BCUT2D eigenvalue weighted by atomic mass is 32.2. The maximum absolute atomic E-state index is 13.5. The van der Waals surface area contributed by atoms with Crippen molar-refractivity contribution in [2.24, 2.45) is 7.05 Å². The largest absolute Gasteiger partial charge is 0.371 e. The van der Waals surface area contributed by atoms with E-state index in [2.05, 4.69) is 15.0 Å². The van der Waals surface area contributed by atoms with Crippen molar-refractivity contribution in [3.05, 3.63) is 54.0 Å². The fourth-order valence-electron chi connectivity index (χ4n) is 3.64. The molecule has 0 amide bonds. The van der Waals surface area contributed by atoms with Crippen molar-refractivity contribution in [2.45, 2.75) is 18.7 Å². The van der Waals surface area contributed by atoms with Crippen LogP contribution in [0.25, 0.3) is 11.3 Å². The second kappa shape index (κ2) is 6.63. The molecule has 0 fully saturated rings. The van der Waals surface area contributed by atoms with Crippen LogP contribution in [0.2, 0.25) is 0 Å². The molecule has 0 aliphatic carbocycles. The van der Waals surface area contributed by atoms with Crippen molar-refractivity contribution in [3.63, 3.8) is 0 Å². The fraction of sp³-hybridized carbons (Fsp3) is 0.300. The lowest BCUT2D eigenvalue weighted by molar-refractivity contribution is 0.588. The molecule has 28 heavy (non-hydrogen) atoms. The Bertz CT molecular complexity index is 1150. The van der Waals surface area contributed by atoms with Crippen LogP contribution in [0.4, 0.5) is 11.4 Å². The fourth-order valence-corrected chi connectivity index (χ4v) is 5.34. The molecule has 4 rings (SSSR count). The normalized spacial score (nSPS) is 14.3. The van der Waals surface area contributed by atoms with Gasteiger partial charge in [0.2, 0.25) is 0 Å². The van der Waals surface area contributed by atoms with Crippen molar-refractivity contribution >= 4 is 21.4 Å². The van der Waals surface area contributed by atoms with E-state index in [1.165, 1.54) is 4.31 Å². The number of sulfonamides is 1. The first-order valence-corrected chi connectivity index (χ1v) is 10.5. The van der Waals surface area contributed by atoms with Gasteiger partial charge in [-0.3, -0.25) is 14.0 Å². The first-order valence-electron chi connectivity index (χ1n) is 9.09. The Morgan fingerprint density at radius 2 is 1.82 bits per heavy atom. The second-order valence-corrected chi connectivity index (χ2v) is 8.95. The van der Waals surface area contributed by atoms with Crippen molar-refractivity contribution in [1.82, 2.24) is 14.8 Å². The van der Waals surface area contributed by atoms with E-state index in [1.807, 2.05) is 45.4 Å². The summed E-state index contributed by atoms with van der Waals surface area (Å²) in [4.78, 5) is 6.86. The average Bonchev–Trinajstić information content (AvgIpc) is 3.08. The summed E-state index contributed by atoms with van der Waals surface area (Å²) in [6.45, 7) is 4.72. The highest BCUT2D eigenvalue weighted by molar-refractivity contribution is 7.93. The lowest BCUT2D eigenvalue weighted by Gasteiger charge is -2.37. The van der Waals surface area contributed by atoms with Crippen molar-refractivity contribution < 1.29 is 8.42 Å². The van der Waals surface area contributed by atoms with Crippen LogP contribution in [0.15, 0.2) is 47.6 Å². The molecule has 1 aliphatic rings. The van der Waals surface area contributed by atoms with E-state index in [-0.39, 0.29) is 4.90 Å². The molecule has 0 atom stereocenters. The molecular weight excluding hydrogens is 374 g/mol. The molecule has 2 aromatic heterocycles. The zero-order chi connectivity index (χ0) is 20.1. The first-order chi connectivity index (χ1) is 13.3. The van der Waals surface area contributed by atoms with E-state index in [4.69, 9.17) is 0 Å². The topological polar surface area (TPSA) is 71.3 Å². The summed E-state index contributed by atoms with van der Waals surface area (Å²) in [7, 11) is 0.0971. The molecule has 0 spiro atoms. The number of fused-ring (bicyclic) bond motifs is 1. The monoisotopic (exact) mass is 397 g/mol. The van der Waals surface area contributed by atoms with Gasteiger partial charge in [0, 0.05) is 32.4 Å². The molecule has 0 saturated heterocycles. The van der Waals surface area contributed by atoms with Gasteiger partial charge in [0.05, 0.1) is 35.5 Å². The van der Waals surface area contributed by atoms with Crippen molar-refractivity contribution in [2.75, 3.05) is 29.3 Å². The van der Waals surface area contributed by atoms with Gasteiger partial charge in [0.1, 0.15) is 4.90 Å². The summed E-state index contributed by atoms with van der Waals surface area (Å²) in [5.74, 6) is 0. The quantitative estimate of drug-likeness (QED) is 0.680. The van der Waals surface area contributed by atoms with E-state index in [1.54, 1.807) is 29.9 Å². The summed E-state index contributed by atoms with van der Waals surface area (Å²) in [6.07, 6.45) is 3.58. The third-order valence-corrected chi connectivity index (χ3v) is 7.05. The summed E-state index contributed by atoms with van der Waals surface area (Å²) in [5, 5.41) is 4.15. The SMILES string of the molecule is Cc1cccc2c1N(S(=O)(=O)c1ccc(-c3cnn(C)c3)nc1C)CCN2C. The van der Waals surface area contributed by atoms with Crippen LogP contribution < -0.4 is 9.21 Å². The van der Waals surface area contributed by atoms with Gasteiger partial charge in [-0.15, -0.1) is 0 Å². The molecule has 0 unspecified atom stereocenters. The highest BCUT2D eigenvalue weighted by Crippen LogP contribution is 2.38. The van der Waals surface area contributed by atoms with Gasteiger partial charge in [-0.05, 0) is 37.6 Å². The molecule has 0 bridgehead atoms. The minimum atomic E-state index is -3.72. The predicted molar refractivity (Wildman–Crippen MR) is 110 cm³/mol. The smallest absolute Gasteiger partial charge is 0.266 e. The number of para-hydroxylation sites is 1. The van der Waals surface area contributed by atoms with Gasteiger partial charge in [-0.1, -0.05) is 12.1 Å². The molecule has 0 N–H and O–H groups in total. The number of likely N-dealkylation sites (N-methyl/N-ethyl adjacent to an activating group) is 1. The third-order valence-electron chi connectivity index (χ3n) is 5.12. The van der Waals surface area contributed by atoms with Crippen LogP contribution in [0.3, 0.4) is 0 Å². The maximum atomic E-state index is 13.5. The van der Waals surface area contributed by atoms with Crippen LogP contribution >= 0.6 is 0 Å². The van der Waals surface area contributed by atoms with Crippen LogP contribution in [-0.4, -0.2) is 43.3 Å². The minimum absolute atomic E-state index is 0.235. The van der Waals surface area contributed by atoms with Gasteiger partial charge < -0.3 is 4.90 Å². The summed E-state index contributed by atoms with van der Waals surface area (Å²) >= 11 is 0. The van der Waals surface area contributed by atoms with Gasteiger partial charge in [0.15, 0.2) is 0 Å². The summed E-state index contributed by atoms with van der Waals surface area (Å²) < 4.78 is 30.3. The standard InChI is InChI=1S/C20H23N5O2S/c1-14-6-5-7-18-20(14)25(11-10-23(18)3)28(26,27)19-9-8-17(22-15(19)2)16-12-21-24(4)13-16/h5-9,12-13H,10-11H2,1-4H3. The van der Waals surface area contributed by atoms with Crippen molar-refractivity contribution in [3.8, 4) is 11.3 Å². The molecule has 7 nitrogen and oxygen atoms in total. The number of aryl methyl sites for hydroxylation is 3. The molecule has 3 aromatic rings. The molecule has 8 heteroatoms. The van der Waals surface area contributed by atoms with E-state index < -0.39 is 10.0 Å². The molecule has 3 heterocycles. The minimum Gasteiger partial charge on any atom is -0.371 e. The molecule has 0 radical (unpaired) electrons. The van der Waals surface area contributed by atoms with Gasteiger partial charge in [-0.2, -0.15) is 5.10 Å². The number of nitrogens with zero attached hydrogens (tertiary/aromatic N) is 5. The third kappa shape index (κ3) is 2.93. The second-order valence-electron chi connectivity index (χ2n) is 7.12. The Morgan fingerprint density at radius 3 is 2.50 bits per heavy atom. The van der Waals surface area contributed by atoms with E-state index in [0.717, 1.165) is 22.5 Å². The molecule has 1 aromatic carbocycles. The van der Waals surface area contributed by atoms with Gasteiger partial charge in [-0.25, -0.2) is 8.42 Å². The summed E-state index contributed by atoms with van der Waals surface area (Å²) in [5.41, 5.74) is 4.65.